The number of ether oxygens (including phenoxy) is 5. The lowest BCUT2D eigenvalue weighted by atomic mass is 9.70. The summed E-state index contributed by atoms with van der Waals surface area (Å²) in [6.07, 6.45) is 0.934. The van der Waals surface area contributed by atoms with E-state index in [1.807, 2.05) is 44.2 Å². The lowest BCUT2D eigenvalue weighted by Gasteiger charge is -2.37. The number of ketones is 1. The predicted molar refractivity (Wildman–Crippen MR) is 133 cm³/mol. The number of allylic oxidation sites excluding steroid dienone is 3. The number of methoxy groups -OCH3 is 2. The average molecular weight is 491 g/mol. The third-order valence-electron chi connectivity index (χ3n) is 6.26. The Bertz CT molecular complexity index is 1270. The molecule has 1 aliphatic heterocycles. The normalized spacial score (nSPS) is 18.6. The Hall–Kier alpha value is -4.12. The Labute approximate surface area is 210 Å². The first-order chi connectivity index (χ1) is 17.3. The van der Waals surface area contributed by atoms with Gasteiger partial charge in [0.05, 0.1) is 20.1 Å². The molecule has 2 aliphatic rings. The van der Waals surface area contributed by atoms with E-state index in [9.17, 15) is 10.1 Å². The van der Waals surface area contributed by atoms with Gasteiger partial charge in [0.1, 0.15) is 30.6 Å². The van der Waals surface area contributed by atoms with Crippen molar-refractivity contribution in [2.45, 2.75) is 32.6 Å². The number of nitrogens with two attached hydrogens (primary N) is 1. The number of hydrogen-bond acceptors (Lipinski definition) is 8. The Morgan fingerprint density at radius 3 is 2.28 bits per heavy atom. The quantitative estimate of drug-likeness (QED) is 0.534. The molecule has 4 rings (SSSR count). The molecular formula is C28H30N2O6. The molecule has 1 unspecified atom stereocenters. The van der Waals surface area contributed by atoms with E-state index < -0.39 is 5.92 Å². The first-order valence-corrected chi connectivity index (χ1v) is 11.7. The minimum Gasteiger partial charge on any atom is -0.493 e. The van der Waals surface area contributed by atoms with Gasteiger partial charge in [0, 0.05) is 18.4 Å². The fraction of sp³-hybridized carbons (Fsp3) is 0.357. The number of carbonyl (C=O) groups excluding carboxylic acids is 1. The molecule has 1 aliphatic carbocycles. The topological polar surface area (TPSA) is 113 Å². The molecule has 8 nitrogen and oxygen atoms in total. The minimum absolute atomic E-state index is 0.0273. The molecule has 0 spiro atoms. The molecule has 0 amide bonds. The van der Waals surface area contributed by atoms with Crippen LogP contribution in [0.1, 0.15) is 38.2 Å². The first kappa shape index (κ1) is 25.0. The minimum atomic E-state index is -0.626. The highest BCUT2D eigenvalue weighted by atomic mass is 16.5. The summed E-state index contributed by atoms with van der Waals surface area (Å²) in [6, 6.07) is 14.9. The van der Waals surface area contributed by atoms with Crippen LogP contribution >= 0.6 is 0 Å². The van der Waals surface area contributed by atoms with Crippen LogP contribution in [0, 0.1) is 16.7 Å². The van der Waals surface area contributed by atoms with Crippen molar-refractivity contribution in [2.24, 2.45) is 11.1 Å². The van der Waals surface area contributed by atoms with Crippen molar-refractivity contribution >= 4 is 5.78 Å². The molecule has 1 heterocycles. The van der Waals surface area contributed by atoms with Crippen LogP contribution in [0.3, 0.4) is 0 Å². The molecule has 0 saturated heterocycles. The number of hydrogen-bond donors (Lipinski definition) is 1. The summed E-state index contributed by atoms with van der Waals surface area (Å²) < 4.78 is 28.3. The van der Waals surface area contributed by atoms with Crippen LogP contribution in [0.4, 0.5) is 0 Å². The fourth-order valence-electron chi connectivity index (χ4n) is 4.64. The van der Waals surface area contributed by atoms with Crippen LogP contribution in [0.5, 0.6) is 23.0 Å². The molecule has 2 aromatic rings. The molecule has 2 aromatic carbocycles. The highest BCUT2D eigenvalue weighted by Crippen LogP contribution is 2.48. The van der Waals surface area contributed by atoms with E-state index in [4.69, 9.17) is 29.4 Å². The third-order valence-corrected chi connectivity index (χ3v) is 6.26. The van der Waals surface area contributed by atoms with E-state index in [-0.39, 0.29) is 29.3 Å². The predicted octanol–water partition coefficient (Wildman–Crippen LogP) is 4.61. The average Bonchev–Trinajstić information content (AvgIpc) is 2.85. The van der Waals surface area contributed by atoms with Crippen LogP contribution in [-0.4, -0.2) is 33.2 Å². The fourth-order valence-corrected chi connectivity index (χ4v) is 4.64. The highest BCUT2D eigenvalue weighted by Gasteiger charge is 2.43. The van der Waals surface area contributed by atoms with Gasteiger partial charge in [-0.1, -0.05) is 32.0 Å². The van der Waals surface area contributed by atoms with E-state index in [1.165, 1.54) is 7.11 Å². The maximum atomic E-state index is 13.2. The second kappa shape index (κ2) is 10.2. The van der Waals surface area contributed by atoms with Crippen molar-refractivity contribution in [3.8, 4) is 29.1 Å². The van der Waals surface area contributed by atoms with Crippen LogP contribution in [0.15, 0.2) is 65.3 Å². The lowest BCUT2D eigenvalue weighted by molar-refractivity contribution is -0.119. The summed E-state index contributed by atoms with van der Waals surface area (Å²) in [5, 5.41) is 9.85. The van der Waals surface area contributed by atoms with Gasteiger partial charge in [-0.05, 0) is 35.2 Å². The molecule has 0 fully saturated rings. The van der Waals surface area contributed by atoms with Gasteiger partial charge >= 0.3 is 0 Å². The molecule has 0 saturated carbocycles. The summed E-state index contributed by atoms with van der Waals surface area (Å²) >= 11 is 0. The SMILES string of the molecule is COc1ccccc1OCCOc1ccc(C2C(C#N)=C(N)OC3=C2C(=O)CC(C)(C)C3)cc1OC. The van der Waals surface area contributed by atoms with E-state index >= 15 is 0 Å². The zero-order chi connectivity index (χ0) is 25.9. The smallest absolute Gasteiger partial charge is 0.205 e. The van der Waals surface area contributed by atoms with Gasteiger partial charge in [0.2, 0.25) is 5.88 Å². The van der Waals surface area contributed by atoms with Gasteiger partial charge in [-0.25, -0.2) is 0 Å². The number of Topliss-reactive ketones (excluding diaryl/α,β-unsaturated/α-hetero) is 1. The number of para-hydroxylation sites is 2. The highest BCUT2D eigenvalue weighted by molar-refractivity contribution is 6.00. The van der Waals surface area contributed by atoms with Gasteiger partial charge in [-0.2, -0.15) is 5.26 Å². The molecule has 2 N–H and O–H groups in total. The molecule has 0 radical (unpaired) electrons. The van der Waals surface area contributed by atoms with Crippen molar-refractivity contribution in [3.63, 3.8) is 0 Å². The standard InChI is InChI=1S/C28H30N2O6/c1-28(2)14-19(31)26-24(15-28)36-27(30)18(16-29)25(26)17-9-10-22(23(13-17)33-4)35-12-11-34-21-8-6-5-7-20(21)32-3/h5-10,13,25H,11-12,14-15,30H2,1-4H3. The second-order valence-corrected chi connectivity index (χ2v) is 9.46. The monoisotopic (exact) mass is 490 g/mol. The van der Waals surface area contributed by atoms with Gasteiger partial charge in [0.15, 0.2) is 28.8 Å². The van der Waals surface area contributed by atoms with Gasteiger partial charge < -0.3 is 29.4 Å². The Kier molecular flexibility index (Phi) is 7.11. The molecular weight excluding hydrogens is 460 g/mol. The van der Waals surface area contributed by atoms with Crippen molar-refractivity contribution in [3.05, 3.63) is 70.8 Å². The van der Waals surface area contributed by atoms with Gasteiger partial charge in [0.25, 0.3) is 0 Å². The molecule has 0 bridgehead atoms. The molecule has 0 aromatic heterocycles. The summed E-state index contributed by atoms with van der Waals surface area (Å²) in [4.78, 5) is 13.2. The second-order valence-electron chi connectivity index (χ2n) is 9.46. The Balaban J connectivity index is 1.56. The van der Waals surface area contributed by atoms with Crippen LogP contribution in [-0.2, 0) is 9.53 Å². The maximum Gasteiger partial charge on any atom is 0.205 e. The van der Waals surface area contributed by atoms with Crippen molar-refractivity contribution < 1.29 is 28.5 Å². The van der Waals surface area contributed by atoms with Crippen LogP contribution in [0.25, 0.3) is 0 Å². The summed E-state index contributed by atoms with van der Waals surface area (Å²) in [7, 11) is 3.13. The zero-order valence-electron chi connectivity index (χ0n) is 20.9. The van der Waals surface area contributed by atoms with Gasteiger partial charge in [-0.3, -0.25) is 4.79 Å². The zero-order valence-corrected chi connectivity index (χ0v) is 20.9. The number of benzene rings is 2. The number of nitrogens with zero attached hydrogens (tertiary/aromatic N) is 1. The summed E-state index contributed by atoms with van der Waals surface area (Å²) in [5.74, 6) is 2.15. The number of nitriles is 1. The Morgan fingerprint density at radius 1 is 1.00 bits per heavy atom. The first-order valence-electron chi connectivity index (χ1n) is 11.7. The van der Waals surface area contributed by atoms with Crippen molar-refractivity contribution in [1.82, 2.24) is 0 Å². The lowest BCUT2D eigenvalue weighted by Crippen LogP contribution is -2.33. The molecule has 8 heteroatoms. The molecule has 188 valence electrons. The summed E-state index contributed by atoms with van der Waals surface area (Å²) in [6.45, 7) is 4.59. The third kappa shape index (κ3) is 4.96. The largest absolute Gasteiger partial charge is 0.493 e. The van der Waals surface area contributed by atoms with Gasteiger partial charge in [-0.15, -0.1) is 0 Å². The molecule has 36 heavy (non-hydrogen) atoms. The van der Waals surface area contributed by atoms with E-state index in [2.05, 4.69) is 6.07 Å². The number of carbonyl (C=O) groups is 1. The van der Waals surface area contributed by atoms with Crippen molar-refractivity contribution in [1.29, 1.82) is 5.26 Å². The van der Waals surface area contributed by atoms with E-state index in [0.717, 1.165) is 0 Å². The maximum absolute atomic E-state index is 13.2. The van der Waals surface area contributed by atoms with Crippen molar-refractivity contribution in [2.75, 3.05) is 27.4 Å². The summed E-state index contributed by atoms with van der Waals surface area (Å²) in [5.41, 5.74) is 7.27. The Morgan fingerprint density at radius 2 is 1.64 bits per heavy atom. The van der Waals surface area contributed by atoms with E-state index in [0.29, 0.717) is 59.3 Å². The van der Waals surface area contributed by atoms with E-state index in [1.54, 1.807) is 19.2 Å². The van der Waals surface area contributed by atoms with Crippen LogP contribution in [0.2, 0.25) is 0 Å². The number of rotatable bonds is 8. The van der Waals surface area contributed by atoms with Crippen LogP contribution < -0.4 is 24.7 Å². The molecule has 1 atom stereocenters.